The molecule has 1 aliphatic heterocycles. The Bertz CT molecular complexity index is 216. The summed E-state index contributed by atoms with van der Waals surface area (Å²) in [6.45, 7) is 6.36. The third kappa shape index (κ3) is 4.21. The van der Waals surface area contributed by atoms with E-state index in [-0.39, 0.29) is 5.54 Å². The lowest BCUT2D eigenvalue weighted by Crippen LogP contribution is -2.53. The van der Waals surface area contributed by atoms with Gasteiger partial charge in [0.1, 0.15) is 0 Å². The largest absolute Gasteiger partial charge is 0.381 e. The molecule has 0 amide bonds. The van der Waals surface area contributed by atoms with Crippen molar-refractivity contribution in [1.29, 1.82) is 0 Å². The van der Waals surface area contributed by atoms with Gasteiger partial charge in [-0.25, -0.2) is 0 Å². The number of rotatable bonds is 5. The van der Waals surface area contributed by atoms with Gasteiger partial charge in [0.25, 0.3) is 0 Å². The third-order valence-electron chi connectivity index (χ3n) is 2.88. The molecule has 0 aromatic rings. The summed E-state index contributed by atoms with van der Waals surface area (Å²) in [5.74, 6) is 2.70. The Kier molecular flexibility index (Phi) is 5.10. The molecule has 3 heteroatoms. The molecular formula is C12H22N2O. The number of nitrogens with two attached hydrogens (primary N) is 1. The van der Waals surface area contributed by atoms with Crippen LogP contribution < -0.4 is 5.73 Å². The minimum atomic E-state index is -0.0930. The van der Waals surface area contributed by atoms with Gasteiger partial charge in [-0.05, 0) is 25.8 Å². The van der Waals surface area contributed by atoms with E-state index in [1.165, 1.54) is 0 Å². The van der Waals surface area contributed by atoms with Crippen LogP contribution in [0.3, 0.4) is 0 Å². The highest BCUT2D eigenvalue weighted by molar-refractivity contribution is 4.94. The molecule has 3 nitrogen and oxygen atoms in total. The summed E-state index contributed by atoms with van der Waals surface area (Å²) in [6.07, 6.45) is 8.35. The predicted octanol–water partition coefficient (Wildman–Crippen LogP) is 0.839. The van der Waals surface area contributed by atoms with E-state index < -0.39 is 0 Å². The fourth-order valence-corrected chi connectivity index (χ4v) is 2.04. The Hall–Kier alpha value is -0.560. The van der Waals surface area contributed by atoms with Gasteiger partial charge in [-0.1, -0.05) is 12.8 Å². The van der Waals surface area contributed by atoms with Crippen molar-refractivity contribution in [3.8, 4) is 12.3 Å². The zero-order valence-electron chi connectivity index (χ0n) is 9.67. The molecule has 1 saturated heterocycles. The van der Waals surface area contributed by atoms with Gasteiger partial charge in [0.15, 0.2) is 0 Å². The summed E-state index contributed by atoms with van der Waals surface area (Å²) in [7, 11) is 0. The highest BCUT2D eigenvalue weighted by Crippen LogP contribution is 2.18. The van der Waals surface area contributed by atoms with Gasteiger partial charge in [-0.2, -0.15) is 0 Å². The van der Waals surface area contributed by atoms with Gasteiger partial charge in [0.2, 0.25) is 0 Å². The smallest absolute Gasteiger partial charge is 0.0599 e. The van der Waals surface area contributed by atoms with Gasteiger partial charge >= 0.3 is 0 Å². The molecule has 1 rings (SSSR count). The van der Waals surface area contributed by atoms with Crippen LogP contribution in [0.4, 0.5) is 0 Å². The van der Waals surface area contributed by atoms with E-state index in [2.05, 4.69) is 17.7 Å². The highest BCUT2D eigenvalue weighted by Gasteiger charge is 2.29. The molecule has 0 aromatic carbocycles. The van der Waals surface area contributed by atoms with Crippen LogP contribution in [-0.4, -0.2) is 43.3 Å². The summed E-state index contributed by atoms with van der Waals surface area (Å²) in [4.78, 5) is 2.27. The molecule has 0 radical (unpaired) electrons. The lowest BCUT2D eigenvalue weighted by atomic mass is 9.90. The standard InChI is InChI=1S/C12H22N2O/c1-3-7-14(8-4-2)11-12(13)5-9-15-10-6-12/h1H,4-11,13H2,2H3. The number of hydrogen-bond acceptors (Lipinski definition) is 3. The van der Waals surface area contributed by atoms with E-state index in [0.717, 1.165) is 45.6 Å². The second-order valence-corrected chi connectivity index (χ2v) is 4.39. The van der Waals surface area contributed by atoms with Crippen LogP contribution in [-0.2, 0) is 4.74 Å². The summed E-state index contributed by atoms with van der Waals surface area (Å²) < 4.78 is 5.33. The molecule has 0 aliphatic carbocycles. The number of nitrogens with zero attached hydrogens (tertiary/aromatic N) is 1. The Balaban J connectivity index is 2.44. The Labute approximate surface area is 93.0 Å². The minimum absolute atomic E-state index is 0.0930. The molecule has 0 saturated carbocycles. The van der Waals surface area contributed by atoms with Gasteiger partial charge in [-0.15, -0.1) is 6.42 Å². The van der Waals surface area contributed by atoms with Crippen molar-refractivity contribution in [2.24, 2.45) is 5.73 Å². The van der Waals surface area contributed by atoms with E-state index in [4.69, 9.17) is 16.9 Å². The predicted molar refractivity (Wildman–Crippen MR) is 62.5 cm³/mol. The first-order valence-electron chi connectivity index (χ1n) is 5.72. The maximum Gasteiger partial charge on any atom is 0.0599 e. The molecule has 15 heavy (non-hydrogen) atoms. The van der Waals surface area contributed by atoms with E-state index in [0.29, 0.717) is 6.54 Å². The first-order valence-corrected chi connectivity index (χ1v) is 5.72. The first-order chi connectivity index (χ1) is 7.20. The zero-order valence-corrected chi connectivity index (χ0v) is 9.67. The van der Waals surface area contributed by atoms with Crippen molar-refractivity contribution >= 4 is 0 Å². The fourth-order valence-electron chi connectivity index (χ4n) is 2.04. The Morgan fingerprint density at radius 2 is 2.13 bits per heavy atom. The molecular weight excluding hydrogens is 188 g/mol. The quantitative estimate of drug-likeness (QED) is 0.683. The lowest BCUT2D eigenvalue weighted by molar-refractivity contribution is 0.0395. The number of terminal acetylenes is 1. The summed E-state index contributed by atoms with van der Waals surface area (Å²) in [6, 6.07) is 0. The monoisotopic (exact) mass is 210 g/mol. The SMILES string of the molecule is C#CCN(CCC)CC1(N)CCOCC1. The number of hydrogen-bond donors (Lipinski definition) is 1. The summed E-state index contributed by atoms with van der Waals surface area (Å²) in [5, 5.41) is 0. The van der Waals surface area contributed by atoms with Crippen molar-refractivity contribution in [3.05, 3.63) is 0 Å². The molecule has 2 N–H and O–H groups in total. The topological polar surface area (TPSA) is 38.5 Å². The van der Waals surface area contributed by atoms with Crippen molar-refractivity contribution in [2.75, 3.05) is 32.8 Å². The van der Waals surface area contributed by atoms with Crippen LogP contribution in [0.1, 0.15) is 26.2 Å². The summed E-state index contributed by atoms with van der Waals surface area (Å²) >= 11 is 0. The number of ether oxygens (including phenoxy) is 1. The second-order valence-electron chi connectivity index (χ2n) is 4.39. The normalized spacial score (nSPS) is 20.1. The van der Waals surface area contributed by atoms with Crippen LogP contribution in [0.15, 0.2) is 0 Å². The van der Waals surface area contributed by atoms with E-state index >= 15 is 0 Å². The van der Waals surface area contributed by atoms with E-state index in [1.807, 2.05) is 0 Å². The van der Waals surface area contributed by atoms with Crippen LogP contribution in [0.2, 0.25) is 0 Å². The Morgan fingerprint density at radius 3 is 2.67 bits per heavy atom. The molecule has 0 atom stereocenters. The lowest BCUT2D eigenvalue weighted by Gasteiger charge is -2.37. The average molecular weight is 210 g/mol. The van der Waals surface area contributed by atoms with Crippen LogP contribution >= 0.6 is 0 Å². The first kappa shape index (κ1) is 12.5. The van der Waals surface area contributed by atoms with E-state index in [9.17, 15) is 0 Å². The Morgan fingerprint density at radius 1 is 1.47 bits per heavy atom. The average Bonchev–Trinajstić information content (AvgIpc) is 2.19. The molecule has 0 unspecified atom stereocenters. The van der Waals surface area contributed by atoms with Crippen molar-refractivity contribution in [1.82, 2.24) is 4.90 Å². The second kappa shape index (κ2) is 6.12. The molecule has 86 valence electrons. The summed E-state index contributed by atoms with van der Waals surface area (Å²) in [5.41, 5.74) is 6.24. The van der Waals surface area contributed by atoms with Crippen LogP contribution in [0, 0.1) is 12.3 Å². The van der Waals surface area contributed by atoms with Gasteiger partial charge < -0.3 is 10.5 Å². The third-order valence-corrected chi connectivity index (χ3v) is 2.88. The molecule has 0 aromatic heterocycles. The van der Waals surface area contributed by atoms with E-state index in [1.54, 1.807) is 0 Å². The molecule has 0 spiro atoms. The van der Waals surface area contributed by atoms with Crippen molar-refractivity contribution in [3.63, 3.8) is 0 Å². The molecule has 0 bridgehead atoms. The van der Waals surface area contributed by atoms with Crippen LogP contribution in [0.25, 0.3) is 0 Å². The maximum atomic E-state index is 6.33. The molecule has 1 aliphatic rings. The van der Waals surface area contributed by atoms with Crippen molar-refractivity contribution < 1.29 is 4.74 Å². The van der Waals surface area contributed by atoms with Crippen molar-refractivity contribution in [2.45, 2.75) is 31.7 Å². The van der Waals surface area contributed by atoms with Gasteiger partial charge in [0.05, 0.1) is 6.54 Å². The fraction of sp³-hybridized carbons (Fsp3) is 0.833. The minimum Gasteiger partial charge on any atom is -0.381 e. The zero-order chi connectivity index (χ0) is 11.1. The van der Waals surface area contributed by atoms with Gasteiger partial charge in [0, 0.05) is 25.3 Å². The van der Waals surface area contributed by atoms with Gasteiger partial charge in [-0.3, -0.25) is 4.90 Å². The van der Waals surface area contributed by atoms with Crippen LogP contribution in [0.5, 0.6) is 0 Å². The maximum absolute atomic E-state index is 6.33. The molecule has 1 heterocycles. The highest BCUT2D eigenvalue weighted by atomic mass is 16.5. The molecule has 1 fully saturated rings.